The van der Waals surface area contributed by atoms with Gasteiger partial charge in [-0.15, -0.1) is 0 Å². The van der Waals surface area contributed by atoms with E-state index in [9.17, 15) is 19.5 Å². The first-order valence-corrected chi connectivity index (χ1v) is 7.73. The zero-order chi connectivity index (χ0) is 19.1. The number of cyclic esters (lactones) is 1. The highest BCUT2D eigenvalue weighted by Crippen LogP contribution is 2.27. The lowest BCUT2D eigenvalue weighted by Gasteiger charge is -2.26. The summed E-state index contributed by atoms with van der Waals surface area (Å²) in [7, 11) is 0. The minimum Gasteiger partial charge on any atom is -0.481 e. The Morgan fingerprint density at radius 1 is 1.33 bits per heavy atom. The predicted octanol–water partition coefficient (Wildman–Crippen LogP) is 0.120. The second-order valence-corrected chi connectivity index (χ2v) is 7.26. The van der Waals surface area contributed by atoms with Crippen LogP contribution in [-0.4, -0.2) is 63.6 Å². The smallest absolute Gasteiger partial charge is 0.335 e. The van der Waals surface area contributed by atoms with Crippen LogP contribution < -0.4 is 0 Å². The molecule has 0 amide bonds. The van der Waals surface area contributed by atoms with Gasteiger partial charge in [0.15, 0.2) is 11.9 Å². The molecule has 0 unspecified atom stereocenters. The van der Waals surface area contributed by atoms with E-state index in [4.69, 9.17) is 15.3 Å². The van der Waals surface area contributed by atoms with Crippen LogP contribution in [0, 0.1) is 10.8 Å². The second-order valence-electron chi connectivity index (χ2n) is 7.26. The van der Waals surface area contributed by atoms with Gasteiger partial charge in [-0.2, -0.15) is 0 Å². The SMILES string of the molecule is CC(C)(CO)[C@@H](O)C(=O)CCCC(=O)O.CC1(C)COC(=O)[C@@H]1O. The molecule has 0 aromatic carbocycles. The molecule has 8 heteroatoms. The molecule has 2 atom stereocenters. The number of carboxylic acids is 1. The monoisotopic (exact) mass is 348 g/mol. The van der Waals surface area contributed by atoms with Gasteiger partial charge in [-0.3, -0.25) is 9.59 Å². The molecule has 24 heavy (non-hydrogen) atoms. The maximum absolute atomic E-state index is 11.4. The summed E-state index contributed by atoms with van der Waals surface area (Å²) in [5.74, 6) is -1.88. The third kappa shape index (κ3) is 6.94. The minimum absolute atomic E-state index is 0.0247. The first kappa shape index (κ1) is 22.5. The average Bonchev–Trinajstić information content (AvgIpc) is 2.73. The number of hydrogen-bond acceptors (Lipinski definition) is 7. The maximum atomic E-state index is 11.4. The zero-order valence-electron chi connectivity index (χ0n) is 14.6. The molecule has 0 aliphatic carbocycles. The van der Waals surface area contributed by atoms with Crippen LogP contribution in [0.5, 0.6) is 0 Å². The summed E-state index contributed by atoms with van der Waals surface area (Å²) in [5, 5.41) is 35.9. The molecule has 0 aromatic rings. The van der Waals surface area contributed by atoms with Crippen molar-refractivity contribution in [1.29, 1.82) is 0 Å². The molecule has 0 saturated carbocycles. The van der Waals surface area contributed by atoms with E-state index in [1.165, 1.54) is 0 Å². The molecule has 8 nitrogen and oxygen atoms in total. The Bertz CT molecular complexity index is 455. The van der Waals surface area contributed by atoms with Gasteiger partial charge in [0.05, 0.1) is 13.2 Å². The molecule has 0 aromatic heterocycles. The number of carbonyl (C=O) groups excluding carboxylic acids is 2. The first-order chi connectivity index (χ1) is 10.8. The van der Waals surface area contributed by atoms with E-state index < -0.39 is 40.8 Å². The standard InChI is InChI=1S/C10H18O5.C6H10O3/c1-10(2,6-11)9(15)7(12)4-3-5-8(13)14;1-6(2)3-9-5(8)4(6)7/h9,11,15H,3-6H2,1-2H3,(H,13,14);4,7H,3H2,1-2H3/t9-;4-/m00/s1. The molecule has 0 radical (unpaired) electrons. The number of aliphatic hydroxyl groups excluding tert-OH is 3. The molecule has 1 aliphatic rings. The third-order valence-electron chi connectivity index (χ3n) is 3.82. The average molecular weight is 348 g/mol. The third-order valence-corrected chi connectivity index (χ3v) is 3.82. The van der Waals surface area contributed by atoms with Gasteiger partial charge in [-0.05, 0) is 6.42 Å². The predicted molar refractivity (Wildman–Crippen MR) is 84.1 cm³/mol. The van der Waals surface area contributed by atoms with E-state index in [-0.39, 0.29) is 25.9 Å². The number of carbonyl (C=O) groups is 3. The van der Waals surface area contributed by atoms with Crippen molar-refractivity contribution in [2.45, 2.75) is 59.2 Å². The summed E-state index contributed by atoms with van der Waals surface area (Å²) < 4.78 is 4.59. The van der Waals surface area contributed by atoms with Gasteiger partial charge in [0.1, 0.15) is 6.10 Å². The number of ketones is 1. The lowest BCUT2D eigenvalue weighted by Crippen LogP contribution is -2.39. The summed E-state index contributed by atoms with van der Waals surface area (Å²) in [5.41, 5.74) is -1.27. The van der Waals surface area contributed by atoms with Crippen LogP contribution in [0.1, 0.15) is 47.0 Å². The van der Waals surface area contributed by atoms with Gasteiger partial charge in [0.2, 0.25) is 0 Å². The van der Waals surface area contributed by atoms with Crippen molar-refractivity contribution in [3.8, 4) is 0 Å². The molecule has 1 saturated heterocycles. The van der Waals surface area contributed by atoms with Crippen molar-refractivity contribution in [3.05, 3.63) is 0 Å². The van der Waals surface area contributed by atoms with Crippen molar-refractivity contribution in [2.24, 2.45) is 10.8 Å². The van der Waals surface area contributed by atoms with Gasteiger partial charge in [0, 0.05) is 23.7 Å². The Morgan fingerprint density at radius 3 is 2.17 bits per heavy atom. The lowest BCUT2D eigenvalue weighted by molar-refractivity contribution is -0.145. The van der Waals surface area contributed by atoms with Gasteiger partial charge in [0.25, 0.3) is 0 Å². The Kier molecular flexibility index (Phi) is 8.53. The summed E-state index contributed by atoms with van der Waals surface area (Å²) >= 11 is 0. The quantitative estimate of drug-likeness (QED) is 0.475. The fourth-order valence-corrected chi connectivity index (χ4v) is 1.81. The Labute approximate surface area is 141 Å². The molecular weight excluding hydrogens is 320 g/mol. The van der Waals surface area contributed by atoms with E-state index >= 15 is 0 Å². The van der Waals surface area contributed by atoms with E-state index in [2.05, 4.69) is 4.74 Å². The van der Waals surface area contributed by atoms with Crippen molar-refractivity contribution in [1.82, 2.24) is 0 Å². The molecule has 1 aliphatic heterocycles. The van der Waals surface area contributed by atoms with E-state index in [0.717, 1.165) is 0 Å². The van der Waals surface area contributed by atoms with Crippen molar-refractivity contribution >= 4 is 17.7 Å². The van der Waals surface area contributed by atoms with Gasteiger partial charge >= 0.3 is 11.9 Å². The fourth-order valence-electron chi connectivity index (χ4n) is 1.81. The van der Waals surface area contributed by atoms with Crippen LogP contribution in [0.2, 0.25) is 0 Å². The Morgan fingerprint density at radius 2 is 1.88 bits per heavy atom. The number of carboxylic acid groups (broad SMARTS) is 1. The number of ether oxygens (including phenoxy) is 1. The molecule has 1 fully saturated rings. The highest BCUT2D eigenvalue weighted by atomic mass is 16.6. The maximum Gasteiger partial charge on any atom is 0.335 e. The first-order valence-electron chi connectivity index (χ1n) is 7.73. The molecule has 1 rings (SSSR count). The molecule has 1 heterocycles. The van der Waals surface area contributed by atoms with Gasteiger partial charge < -0.3 is 25.2 Å². The summed E-state index contributed by atoms with van der Waals surface area (Å²) in [6.07, 6.45) is -2.02. The second kappa shape index (κ2) is 9.10. The number of rotatable bonds is 7. The summed E-state index contributed by atoms with van der Waals surface area (Å²) in [6, 6.07) is 0. The van der Waals surface area contributed by atoms with Crippen LogP contribution in [-0.2, 0) is 19.1 Å². The van der Waals surface area contributed by atoms with Crippen LogP contribution in [0.25, 0.3) is 0 Å². The molecular formula is C16H28O8. The topological polar surface area (TPSA) is 141 Å². The van der Waals surface area contributed by atoms with Gasteiger partial charge in [-0.1, -0.05) is 27.7 Å². The fraction of sp³-hybridized carbons (Fsp3) is 0.812. The van der Waals surface area contributed by atoms with Crippen LogP contribution >= 0.6 is 0 Å². The summed E-state index contributed by atoms with van der Waals surface area (Å²) in [6.45, 7) is 6.77. The number of hydrogen-bond donors (Lipinski definition) is 4. The summed E-state index contributed by atoms with van der Waals surface area (Å²) in [4.78, 5) is 32.1. The van der Waals surface area contributed by atoms with Crippen LogP contribution in [0.4, 0.5) is 0 Å². The highest BCUT2D eigenvalue weighted by molar-refractivity contribution is 5.84. The number of esters is 1. The zero-order valence-corrected chi connectivity index (χ0v) is 14.6. The van der Waals surface area contributed by atoms with Crippen molar-refractivity contribution in [3.63, 3.8) is 0 Å². The van der Waals surface area contributed by atoms with Crippen LogP contribution in [0.3, 0.4) is 0 Å². The van der Waals surface area contributed by atoms with Crippen molar-refractivity contribution in [2.75, 3.05) is 13.2 Å². The number of aliphatic hydroxyl groups is 3. The highest BCUT2D eigenvalue weighted by Gasteiger charge is 2.42. The molecule has 140 valence electrons. The van der Waals surface area contributed by atoms with Crippen LogP contribution in [0.15, 0.2) is 0 Å². The van der Waals surface area contributed by atoms with Crippen molar-refractivity contribution < 1.29 is 39.5 Å². The molecule has 0 spiro atoms. The largest absolute Gasteiger partial charge is 0.481 e. The minimum atomic E-state index is -1.24. The van der Waals surface area contributed by atoms with E-state index in [0.29, 0.717) is 6.61 Å². The number of aliphatic carboxylic acids is 1. The molecule has 4 N–H and O–H groups in total. The van der Waals surface area contributed by atoms with Gasteiger partial charge in [-0.25, -0.2) is 4.79 Å². The van der Waals surface area contributed by atoms with E-state index in [1.807, 2.05) is 0 Å². The Balaban J connectivity index is 0.000000496. The van der Waals surface area contributed by atoms with E-state index in [1.54, 1.807) is 27.7 Å². The Hall–Kier alpha value is -1.51. The number of Topliss-reactive ketones (excluding diaryl/α,β-unsaturated/α-hetero) is 1. The molecule has 0 bridgehead atoms. The normalized spacial score (nSPS) is 20.6. The lowest BCUT2D eigenvalue weighted by atomic mass is 9.84.